The Labute approximate surface area is 356 Å². The Kier molecular flexibility index (Phi) is 39.1. The number of ether oxygens (including phenoxy) is 3. The van der Waals surface area contributed by atoms with E-state index < -0.39 is 18.1 Å². The van der Waals surface area contributed by atoms with Gasteiger partial charge in [0.05, 0.1) is 34.4 Å². The molecular formula is C50H90NO7+. The molecular weight excluding hydrogens is 727 g/mol. The standard InChI is InChI=1S/C50H89NO7/c1-6-8-10-12-14-16-18-20-22-23-24-25-26-27-29-30-32-34-36-38-40-48(52)57-45-46(44-56-43-42-47(50(54)55)51(3,4)5)58-49(53)41-39-37-35-33-31-28-21-19-17-15-13-11-9-7-2/h9,11,15,17,21,24-25,28,46-47H,6-8,10,12-14,16,18-20,22-23,26-27,29-45H2,1-5H3/p+1/b11-9+,17-15+,25-24+,28-21+. The molecule has 2 atom stereocenters. The maximum atomic E-state index is 12.7. The van der Waals surface area contributed by atoms with E-state index in [1.807, 2.05) is 21.1 Å². The fourth-order valence-corrected chi connectivity index (χ4v) is 6.81. The van der Waals surface area contributed by atoms with Crippen LogP contribution in [0.4, 0.5) is 0 Å². The van der Waals surface area contributed by atoms with E-state index in [0.29, 0.717) is 19.3 Å². The van der Waals surface area contributed by atoms with E-state index in [9.17, 15) is 19.5 Å². The maximum absolute atomic E-state index is 12.7. The first-order valence-corrected chi connectivity index (χ1v) is 23.7. The van der Waals surface area contributed by atoms with Crippen LogP contribution in [-0.4, -0.2) is 80.6 Å². The highest BCUT2D eigenvalue weighted by atomic mass is 16.6. The van der Waals surface area contributed by atoms with Crippen molar-refractivity contribution in [2.45, 2.75) is 212 Å². The lowest BCUT2D eigenvalue weighted by Crippen LogP contribution is -2.50. The summed E-state index contributed by atoms with van der Waals surface area (Å²) < 4.78 is 17.3. The number of carbonyl (C=O) groups is 3. The van der Waals surface area contributed by atoms with Gasteiger partial charge in [0.25, 0.3) is 0 Å². The molecule has 336 valence electrons. The molecule has 0 aliphatic rings. The molecule has 0 saturated carbocycles. The summed E-state index contributed by atoms with van der Waals surface area (Å²) in [5.41, 5.74) is 0. The number of carboxylic acid groups (broad SMARTS) is 1. The minimum atomic E-state index is -0.880. The number of nitrogens with zero attached hydrogens (tertiary/aromatic N) is 1. The second-order valence-corrected chi connectivity index (χ2v) is 17.0. The van der Waals surface area contributed by atoms with Crippen molar-refractivity contribution >= 4 is 17.9 Å². The number of quaternary nitrogens is 1. The van der Waals surface area contributed by atoms with Gasteiger partial charge in [0, 0.05) is 19.3 Å². The third-order valence-corrected chi connectivity index (χ3v) is 10.5. The molecule has 0 saturated heterocycles. The molecule has 1 N–H and O–H groups in total. The summed E-state index contributed by atoms with van der Waals surface area (Å²) in [6.45, 7) is 4.60. The van der Waals surface area contributed by atoms with E-state index in [0.717, 1.165) is 70.6 Å². The van der Waals surface area contributed by atoms with E-state index in [1.165, 1.54) is 96.3 Å². The van der Waals surface area contributed by atoms with Gasteiger partial charge in [-0.3, -0.25) is 9.59 Å². The van der Waals surface area contributed by atoms with Gasteiger partial charge in [-0.25, -0.2) is 4.79 Å². The van der Waals surface area contributed by atoms with Gasteiger partial charge in [-0.2, -0.15) is 0 Å². The van der Waals surface area contributed by atoms with E-state index >= 15 is 0 Å². The molecule has 0 rings (SSSR count). The van der Waals surface area contributed by atoms with Crippen LogP contribution >= 0.6 is 0 Å². The lowest BCUT2D eigenvalue weighted by Gasteiger charge is -2.31. The van der Waals surface area contributed by atoms with Crippen LogP contribution in [0.2, 0.25) is 0 Å². The lowest BCUT2D eigenvalue weighted by molar-refractivity contribution is -0.887. The fourth-order valence-electron chi connectivity index (χ4n) is 6.81. The minimum Gasteiger partial charge on any atom is -0.477 e. The van der Waals surface area contributed by atoms with Gasteiger partial charge in [0.2, 0.25) is 0 Å². The number of rotatable bonds is 42. The third kappa shape index (κ3) is 38.8. The highest BCUT2D eigenvalue weighted by Crippen LogP contribution is 2.14. The van der Waals surface area contributed by atoms with Gasteiger partial charge in [0.1, 0.15) is 6.61 Å². The Bertz CT molecular complexity index is 1090. The smallest absolute Gasteiger partial charge is 0.362 e. The summed E-state index contributed by atoms with van der Waals surface area (Å²) in [4.78, 5) is 37.0. The van der Waals surface area contributed by atoms with Crippen LogP contribution in [0.3, 0.4) is 0 Å². The Balaban J connectivity index is 4.29. The number of aliphatic carboxylic acids is 1. The average Bonchev–Trinajstić information content (AvgIpc) is 3.18. The molecule has 8 heteroatoms. The second kappa shape index (κ2) is 41.0. The van der Waals surface area contributed by atoms with Crippen LogP contribution in [-0.2, 0) is 28.6 Å². The van der Waals surface area contributed by atoms with Crippen molar-refractivity contribution in [2.75, 3.05) is 41.0 Å². The number of carbonyl (C=O) groups excluding carboxylic acids is 2. The first-order chi connectivity index (χ1) is 28.1. The lowest BCUT2D eigenvalue weighted by atomic mass is 10.1. The number of allylic oxidation sites excluding steroid dienone is 8. The summed E-state index contributed by atoms with van der Waals surface area (Å²) in [5, 5.41) is 9.63. The Morgan fingerprint density at radius 2 is 0.966 bits per heavy atom. The molecule has 0 spiro atoms. The molecule has 0 aromatic heterocycles. The monoisotopic (exact) mass is 817 g/mol. The molecule has 2 unspecified atom stereocenters. The van der Waals surface area contributed by atoms with Crippen LogP contribution in [0, 0.1) is 0 Å². The van der Waals surface area contributed by atoms with Gasteiger partial charge in [-0.15, -0.1) is 0 Å². The zero-order chi connectivity index (χ0) is 42.8. The molecule has 0 radical (unpaired) electrons. The van der Waals surface area contributed by atoms with E-state index in [-0.39, 0.29) is 36.2 Å². The Morgan fingerprint density at radius 3 is 1.45 bits per heavy atom. The van der Waals surface area contributed by atoms with Crippen molar-refractivity contribution in [3.8, 4) is 0 Å². The SMILES string of the molecule is CC/C=C/C/C=C/C/C=C/CCCCCCC(=O)OC(COCCC(C(=O)O)[N+](C)(C)C)COC(=O)CCCCCCCCC/C=C/CCCCCCCCCCC. The number of likely N-dealkylation sites (N-methyl/N-ethyl adjacent to an activating group) is 1. The first-order valence-electron chi connectivity index (χ1n) is 23.7. The van der Waals surface area contributed by atoms with Crippen molar-refractivity contribution < 1.29 is 38.2 Å². The van der Waals surface area contributed by atoms with Crippen molar-refractivity contribution in [3.05, 3.63) is 48.6 Å². The predicted octanol–water partition coefficient (Wildman–Crippen LogP) is 13.2. The largest absolute Gasteiger partial charge is 0.477 e. The van der Waals surface area contributed by atoms with Gasteiger partial charge in [-0.05, 0) is 70.6 Å². The summed E-state index contributed by atoms with van der Waals surface area (Å²) in [7, 11) is 5.52. The zero-order valence-electron chi connectivity index (χ0n) is 38.2. The van der Waals surface area contributed by atoms with Crippen molar-refractivity contribution in [1.82, 2.24) is 0 Å². The fraction of sp³-hybridized carbons (Fsp3) is 0.780. The summed E-state index contributed by atoms with van der Waals surface area (Å²) in [5.74, 6) is -1.50. The summed E-state index contributed by atoms with van der Waals surface area (Å²) in [6, 6.07) is -0.620. The van der Waals surface area contributed by atoms with E-state index in [1.54, 1.807) is 0 Å². The topological polar surface area (TPSA) is 99.1 Å². The quantitative estimate of drug-likeness (QED) is 0.0283. The number of esters is 2. The first kappa shape index (κ1) is 55.3. The van der Waals surface area contributed by atoms with Crippen molar-refractivity contribution in [3.63, 3.8) is 0 Å². The van der Waals surface area contributed by atoms with Crippen LogP contribution in [0.1, 0.15) is 200 Å². The van der Waals surface area contributed by atoms with Crippen molar-refractivity contribution in [2.24, 2.45) is 0 Å². The molecule has 0 amide bonds. The third-order valence-electron chi connectivity index (χ3n) is 10.5. The predicted molar refractivity (Wildman–Crippen MR) is 243 cm³/mol. The molecule has 0 aromatic rings. The van der Waals surface area contributed by atoms with Crippen LogP contribution < -0.4 is 0 Å². The van der Waals surface area contributed by atoms with Gasteiger partial charge in [-0.1, -0.05) is 159 Å². The molecule has 0 aliphatic carbocycles. The molecule has 0 bridgehead atoms. The average molecular weight is 817 g/mol. The van der Waals surface area contributed by atoms with Crippen molar-refractivity contribution in [1.29, 1.82) is 0 Å². The Hall–Kier alpha value is -2.71. The highest BCUT2D eigenvalue weighted by Gasteiger charge is 2.31. The molecule has 0 fully saturated rings. The molecule has 0 aliphatic heterocycles. The molecule has 58 heavy (non-hydrogen) atoms. The Morgan fingerprint density at radius 1 is 0.534 bits per heavy atom. The maximum Gasteiger partial charge on any atom is 0.362 e. The summed E-state index contributed by atoms with van der Waals surface area (Å²) >= 11 is 0. The minimum absolute atomic E-state index is 0.0502. The van der Waals surface area contributed by atoms with Crippen LogP contribution in [0.25, 0.3) is 0 Å². The van der Waals surface area contributed by atoms with Gasteiger partial charge in [0.15, 0.2) is 12.1 Å². The van der Waals surface area contributed by atoms with Crippen LogP contribution in [0.5, 0.6) is 0 Å². The molecule has 0 aromatic carbocycles. The molecule has 0 heterocycles. The number of carboxylic acids is 1. The summed E-state index contributed by atoms with van der Waals surface area (Å²) in [6.07, 6.45) is 48.7. The van der Waals surface area contributed by atoms with Gasteiger partial charge < -0.3 is 23.8 Å². The van der Waals surface area contributed by atoms with E-state index in [4.69, 9.17) is 14.2 Å². The van der Waals surface area contributed by atoms with Crippen LogP contribution in [0.15, 0.2) is 48.6 Å². The molecule has 8 nitrogen and oxygen atoms in total. The zero-order valence-corrected chi connectivity index (χ0v) is 38.2. The number of hydrogen-bond donors (Lipinski definition) is 1. The second-order valence-electron chi connectivity index (χ2n) is 17.0. The number of unbranched alkanes of at least 4 members (excludes halogenated alkanes) is 20. The highest BCUT2D eigenvalue weighted by molar-refractivity contribution is 5.72. The normalized spacial score (nSPS) is 13.3. The van der Waals surface area contributed by atoms with Gasteiger partial charge >= 0.3 is 17.9 Å². The number of hydrogen-bond acceptors (Lipinski definition) is 6. The van der Waals surface area contributed by atoms with E-state index in [2.05, 4.69) is 62.5 Å².